The summed E-state index contributed by atoms with van der Waals surface area (Å²) in [6.07, 6.45) is 2.22. The first-order valence-electron chi connectivity index (χ1n) is 7.16. The Bertz CT molecular complexity index is 284. The molecule has 0 bridgehead atoms. The Labute approximate surface area is 115 Å². The van der Waals surface area contributed by atoms with Crippen LogP contribution in [0.25, 0.3) is 0 Å². The van der Waals surface area contributed by atoms with E-state index in [2.05, 4.69) is 15.3 Å². The van der Waals surface area contributed by atoms with Gasteiger partial charge in [0.05, 0.1) is 19.8 Å². The molecular weight excluding hydrogens is 244 g/mol. The second-order valence-electron chi connectivity index (χ2n) is 5.57. The van der Waals surface area contributed by atoms with Crippen molar-refractivity contribution < 1.29 is 9.53 Å². The van der Waals surface area contributed by atoms with Crippen LogP contribution in [-0.2, 0) is 9.53 Å². The van der Waals surface area contributed by atoms with Crippen LogP contribution >= 0.6 is 0 Å². The topological polar surface area (TPSA) is 48.1 Å². The van der Waals surface area contributed by atoms with Gasteiger partial charge in [-0.05, 0) is 12.8 Å². The molecule has 110 valence electrons. The molecule has 0 aromatic heterocycles. The number of ether oxygens (including phenoxy) is 1. The van der Waals surface area contributed by atoms with Crippen molar-refractivity contribution in [3.63, 3.8) is 0 Å². The lowest BCUT2D eigenvalue weighted by Gasteiger charge is -2.36. The minimum absolute atomic E-state index is 0.194. The molecule has 19 heavy (non-hydrogen) atoms. The highest BCUT2D eigenvalue weighted by atomic mass is 16.5. The summed E-state index contributed by atoms with van der Waals surface area (Å²) in [6, 6.07) is 0.545. The highest BCUT2D eigenvalue weighted by Crippen LogP contribution is 2.11. The lowest BCUT2D eigenvalue weighted by Crippen LogP contribution is -2.53. The summed E-state index contributed by atoms with van der Waals surface area (Å²) in [5, 5.41) is 2.27. The van der Waals surface area contributed by atoms with Crippen molar-refractivity contribution in [3.05, 3.63) is 0 Å². The van der Waals surface area contributed by atoms with Gasteiger partial charge in [-0.3, -0.25) is 15.1 Å². The second-order valence-corrected chi connectivity index (χ2v) is 5.57. The van der Waals surface area contributed by atoms with Gasteiger partial charge >= 0.3 is 0 Å². The summed E-state index contributed by atoms with van der Waals surface area (Å²) in [6.45, 7) is 6.14. The van der Waals surface area contributed by atoms with Crippen molar-refractivity contribution in [1.82, 2.24) is 20.2 Å². The van der Waals surface area contributed by atoms with Gasteiger partial charge in [-0.25, -0.2) is 5.01 Å². The van der Waals surface area contributed by atoms with Crippen molar-refractivity contribution in [1.29, 1.82) is 0 Å². The molecule has 2 aliphatic heterocycles. The third-order valence-corrected chi connectivity index (χ3v) is 3.82. The molecule has 0 radical (unpaired) electrons. The number of hydrogen-bond donors (Lipinski definition) is 1. The van der Waals surface area contributed by atoms with Crippen molar-refractivity contribution in [3.8, 4) is 0 Å². The monoisotopic (exact) mass is 270 g/mol. The smallest absolute Gasteiger partial charge is 0.236 e. The predicted octanol–water partition coefficient (Wildman–Crippen LogP) is -0.624. The minimum Gasteiger partial charge on any atom is -0.379 e. The molecule has 0 aromatic rings. The molecule has 6 nitrogen and oxygen atoms in total. The van der Waals surface area contributed by atoms with Crippen molar-refractivity contribution in [2.24, 2.45) is 0 Å². The van der Waals surface area contributed by atoms with Gasteiger partial charge in [-0.1, -0.05) is 0 Å². The number of carbonyl (C=O) groups excluding carboxylic acids is 1. The Morgan fingerprint density at radius 3 is 2.42 bits per heavy atom. The van der Waals surface area contributed by atoms with Crippen LogP contribution in [0.15, 0.2) is 0 Å². The van der Waals surface area contributed by atoms with E-state index in [9.17, 15) is 4.79 Å². The molecule has 0 spiro atoms. The Hall–Kier alpha value is -0.690. The number of likely N-dealkylation sites (N-methyl/N-ethyl adjacent to an activating group) is 1. The molecule has 0 aromatic carbocycles. The van der Waals surface area contributed by atoms with Gasteiger partial charge in [0.1, 0.15) is 0 Å². The molecule has 2 heterocycles. The Balaban J connectivity index is 1.65. The van der Waals surface area contributed by atoms with Gasteiger partial charge in [-0.15, -0.1) is 0 Å². The number of nitrogens with one attached hydrogen (secondary N) is 1. The number of hydrazine groups is 1. The van der Waals surface area contributed by atoms with E-state index in [0.29, 0.717) is 12.6 Å². The van der Waals surface area contributed by atoms with E-state index in [0.717, 1.165) is 52.2 Å². The van der Waals surface area contributed by atoms with E-state index >= 15 is 0 Å². The highest BCUT2D eigenvalue weighted by molar-refractivity contribution is 5.77. The standard InChI is InChI=1S/C13H26N4O2/c1-15(2)13(18)11-16-5-3-12(4-6-16)14-17-7-9-19-10-8-17/h12,14H,3-11H2,1-2H3. The number of nitrogens with zero attached hydrogens (tertiary/aromatic N) is 3. The molecule has 2 aliphatic rings. The number of amides is 1. The summed E-state index contributed by atoms with van der Waals surface area (Å²) >= 11 is 0. The molecule has 0 saturated carbocycles. The van der Waals surface area contributed by atoms with Gasteiger partial charge in [0.2, 0.25) is 5.91 Å². The van der Waals surface area contributed by atoms with Crippen LogP contribution in [0, 0.1) is 0 Å². The fraction of sp³-hybridized carbons (Fsp3) is 0.923. The summed E-state index contributed by atoms with van der Waals surface area (Å²) < 4.78 is 5.34. The average molecular weight is 270 g/mol. The van der Waals surface area contributed by atoms with Gasteiger partial charge in [0.25, 0.3) is 0 Å². The maximum atomic E-state index is 11.7. The number of hydrogen-bond acceptors (Lipinski definition) is 5. The second kappa shape index (κ2) is 7.19. The number of carbonyl (C=O) groups is 1. The van der Waals surface area contributed by atoms with Crippen LogP contribution in [0.2, 0.25) is 0 Å². The van der Waals surface area contributed by atoms with Gasteiger partial charge < -0.3 is 9.64 Å². The Morgan fingerprint density at radius 2 is 1.84 bits per heavy atom. The summed E-state index contributed by atoms with van der Waals surface area (Å²) in [7, 11) is 3.63. The van der Waals surface area contributed by atoms with Crippen LogP contribution in [-0.4, -0.2) is 86.8 Å². The highest BCUT2D eigenvalue weighted by Gasteiger charge is 2.23. The van der Waals surface area contributed by atoms with Crippen molar-refractivity contribution in [2.75, 3.05) is 60.0 Å². The van der Waals surface area contributed by atoms with Crippen LogP contribution in [0.5, 0.6) is 0 Å². The van der Waals surface area contributed by atoms with Crippen LogP contribution < -0.4 is 5.43 Å². The van der Waals surface area contributed by atoms with Crippen LogP contribution in [0.1, 0.15) is 12.8 Å². The molecule has 1 N–H and O–H groups in total. The molecule has 0 atom stereocenters. The fourth-order valence-electron chi connectivity index (χ4n) is 2.50. The number of morpholine rings is 1. The summed E-state index contributed by atoms with van der Waals surface area (Å²) in [5.74, 6) is 0.194. The molecule has 6 heteroatoms. The van der Waals surface area contributed by atoms with Gasteiger partial charge in [0.15, 0.2) is 0 Å². The average Bonchev–Trinajstić information content (AvgIpc) is 2.42. The SMILES string of the molecule is CN(C)C(=O)CN1CCC(NN2CCOCC2)CC1. The third-order valence-electron chi connectivity index (χ3n) is 3.82. The van der Waals surface area contributed by atoms with E-state index in [1.165, 1.54) is 0 Å². The van der Waals surface area contributed by atoms with Crippen LogP contribution in [0.3, 0.4) is 0 Å². The molecular formula is C13H26N4O2. The predicted molar refractivity (Wildman–Crippen MR) is 73.7 cm³/mol. The van der Waals surface area contributed by atoms with E-state index < -0.39 is 0 Å². The van der Waals surface area contributed by atoms with E-state index in [-0.39, 0.29) is 5.91 Å². The first-order chi connectivity index (χ1) is 9.15. The number of rotatable bonds is 4. The molecule has 0 aliphatic carbocycles. The molecule has 2 saturated heterocycles. The zero-order valence-electron chi connectivity index (χ0n) is 12.1. The number of likely N-dealkylation sites (tertiary alicyclic amines) is 1. The molecule has 2 rings (SSSR count). The fourth-order valence-corrected chi connectivity index (χ4v) is 2.50. The summed E-state index contributed by atoms with van der Waals surface area (Å²) in [5.41, 5.74) is 3.59. The zero-order valence-corrected chi connectivity index (χ0v) is 12.1. The Kier molecular flexibility index (Phi) is 5.57. The molecule has 2 fully saturated rings. The maximum absolute atomic E-state index is 11.7. The quantitative estimate of drug-likeness (QED) is 0.737. The lowest BCUT2D eigenvalue weighted by molar-refractivity contribution is -0.130. The largest absolute Gasteiger partial charge is 0.379 e. The van der Waals surface area contributed by atoms with Gasteiger partial charge in [0, 0.05) is 46.3 Å². The molecule has 1 amide bonds. The lowest BCUT2D eigenvalue weighted by atomic mass is 10.1. The van der Waals surface area contributed by atoms with E-state index in [1.807, 2.05) is 14.1 Å². The minimum atomic E-state index is 0.194. The first kappa shape index (κ1) is 14.7. The maximum Gasteiger partial charge on any atom is 0.236 e. The number of piperidine rings is 1. The van der Waals surface area contributed by atoms with Gasteiger partial charge in [-0.2, -0.15) is 0 Å². The normalized spacial score (nSPS) is 23.5. The van der Waals surface area contributed by atoms with E-state index in [4.69, 9.17) is 4.74 Å². The first-order valence-corrected chi connectivity index (χ1v) is 7.16. The van der Waals surface area contributed by atoms with Crippen molar-refractivity contribution >= 4 is 5.91 Å². The zero-order chi connectivity index (χ0) is 13.7. The van der Waals surface area contributed by atoms with E-state index in [1.54, 1.807) is 4.90 Å². The summed E-state index contributed by atoms with van der Waals surface area (Å²) in [4.78, 5) is 15.6. The Morgan fingerprint density at radius 1 is 1.21 bits per heavy atom. The molecule has 0 unspecified atom stereocenters. The van der Waals surface area contributed by atoms with Crippen LogP contribution in [0.4, 0.5) is 0 Å². The van der Waals surface area contributed by atoms with Crippen molar-refractivity contribution in [2.45, 2.75) is 18.9 Å². The third kappa shape index (κ3) is 4.72.